The average Bonchev–Trinajstić information content (AvgIpc) is 3.24. The molecule has 0 spiro atoms. The third-order valence-electron chi connectivity index (χ3n) is 5.44. The molecule has 136 valence electrons. The van der Waals surface area contributed by atoms with Crippen molar-refractivity contribution in [3.05, 3.63) is 23.1 Å². The second kappa shape index (κ2) is 7.21. The standard InChI is InChI=1S/C17H25N5O3/c1-11-15(21-25-19-11)10-22-7-5-13(6-8-22)16-14(4-3-9-23-16)17-18-12(2)20-24-17/h13-14,16H,3-10H2,1-2H3/t14-,16+/m1/s1. The van der Waals surface area contributed by atoms with Gasteiger partial charge in [-0.25, -0.2) is 4.63 Å². The molecule has 2 aromatic rings. The maximum absolute atomic E-state index is 6.17. The normalized spacial score (nSPS) is 26.2. The van der Waals surface area contributed by atoms with Gasteiger partial charge in [-0.2, -0.15) is 4.98 Å². The molecule has 2 aliphatic heterocycles. The van der Waals surface area contributed by atoms with E-state index in [0.717, 1.165) is 69.2 Å². The average molecular weight is 347 g/mol. The molecule has 2 aromatic heterocycles. The van der Waals surface area contributed by atoms with Crippen LogP contribution in [-0.2, 0) is 11.3 Å². The van der Waals surface area contributed by atoms with Gasteiger partial charge in [0.15, 0.2) is 5.82 Å². The van der Waals surface area contributed by atoms with Crippen LogP contribution in [0.5, 0.6) is 0 Å². The molecular weight excluding hydrogens is 322 g/mol. The molecule has 4 rings (SSSR count). The highest BCUT2D eigenvalue weighted by Gasteiger charge is 2.38. The molecule has 0 radical (unpaired) electrons. The molecule has 2 atom stereocenters. The van der Waals surface area contributed by atoms with Crippen molar-refractivity contribution in [3.63, 3.8) is 0 Å². The van der Waals surface area contributed by atoms with Gasteiger partial charge in [-0.15, -0.1) is 0 Å². The summed E-state index contributed by atoms with van der Waals surface area (Å²) in [6.07, 6.45) is 4.53. The van der Waals surface area contributed by atoms with Crippen molar-refractivity contribution in [1.29, 1.82) is 0 Å². The first-order chi connectivity index (χ1) is 12.2. The van der Waals surface area contributed by atoms with Gasteiger partial charge in [0.05, 0.1) is 12.0 Å². The lowest BCUT2D eigenvalue weighted by atomic mass is 9.80. The fourth-order valence-electron chi connectivity index (χ4n) is 4.04. The number of likely N-dealkylation sites (tertiary alicyclic amines) is 1. The van der Waals surface area contributed by atoms with Crippen LogP contribution in [0.15, 0.2) is 9.15 Å². The number of aromatic nitrogens is 4. The van der Waals surface area contributed by atoms with Gasteiger partial charge in [0, 0.05) is 13.2 Å². The highest BCUT2D eigenvalue weighted by Crippen LogP contribution is 2.37. The van der Waals surface area contributed by atoms with E-state index in [0.29, 0.717) is 11.7 Å². The van der Waals surface area contributed by atoms with Crippen molar-refractivity contribution in [1.82, 2.24) is 25.4 Å². The lowest BCUT2D eigenvalue weighted by Gasteiger charge is -2.40. The van der Waals surface area contributed by atoms with E-state index in [1.54, 1.807) is 0 Å². The predicted octanol–water partition coefficient (Wildman–Crippen LogP) is 2.24. The minimum Gasteiger partial charge on any atom is -0.377 e. The molecule has 8 nitrogen and oxygen atoms in total. The van der Waals surface area contributed by atoms with Gasteiger partial charge in [0.1, 0.15) is 11.4 Å². The van der Waals surface area contributed by atoms with E-state index in [1.165, 1.54) is 0 Å². The molecule has 0 aromatic carbocycles. The molecule has 0 unspecified atom stereocenters. The number of ether oxygens (including phenoxy) is 1. The minimum atomic E-state index is 0.186. The zero-order valence-electron chi connectivity index (χ0n) is 14.8. The van der Waals surface area contributed by atoms with Crippen molar-refractivity contribution >= 4 is 0 Å². The second-order valence-corrected chi connectivity index (χ2v) is 7.17. The van der Waals surface area contributed by atoms with Crippen LogP contribution < -0.4 is 0 Å². The summed E-state index contributed by atoms with van der Waals surface area (Å²) in [4.78, 5) is 6.87. The summed E-state index contributed by atoms with van der Waals surface area (Å²) >= 11 is 0. The summed E-state index contributed by atoms with van der Waals surface area (Å²) in [7, 11) is 0. The predicted molar refractivity (Wildman–Crippen MR) is 87.8 cm³/mol. The number of hydrogen-bond donors (Lipinski definition) is 0. The first kappa shape index (κ1) is 16.7. The topological polar surface area (TPSA) is 90.3 Å². The highest BCUT2D eigenvalue weighted by molar-refractivity contribution is 5.05. The van der Waals surface area contributed by atoms with E-state index in [2.05, 4.69) is 25.4 Å². The monoisotopic (exact) mass is 347 g/mol. The van der Waals surface area contributed by atoms with E-state index >= 15 is 0 Å². The quantitative estimate of drug-likeness (QED) is 0.832. The maximum atomic E-state index is 6.17. The highest BCUT2D eigenvalue weighted by atomic mass is 16.6. The Hall–Kier alpha value is -1.80. The van der Waals surface area contributed by atoms with Gasteiger partial charge < -0.3 is 9.26 Å². The Bertz CT molecular complexity index is 692. The molecule has 4 heterocycles. The van der Waals surface area contributed by atoms with Crippen LogP contribution in [-0.4, -0.2) is 51.2 Å². The number of rotatable bonds is 4. The van der Waals surface area contributed by atoms with E-state index in [4.69, 9.17) is 13.9 Å². The van der Waals surface area contributed by atoms with Crippen LogP contribution in [0.3, 0.4) is 0 Å². The second-order valence-electron chi connectivity index (χ2n) is 7.17. The third-order valence-corrected chi connectivity index (χ3v) is 5.44. The third kappa shape index (κ3) is 3.59. The molecule has 0 aliphatic carbocycles. The largest absolute Gasteiger partial charge is 0.377 e. The first-order valence-corrected chi connectivity index (χ1v) is 9.13. The summed E-state index contributed by atoms with van der Waals surface area (Å²) in [5, 5.41) is 11.8. The van der Waals surface area contributed by atoms with Crippen LogP contribution in [0.1, 0.15) is 54.7 Å². The molecule has 0 saturated carbocycles. The Morgan fingerprint density at radius 2 is 1.92 bits per heavy atom. The van der Waals surface area contributed by atoms with Crippen LogP contribution >= 0.6 is 0 Å². The number of hydrogen-bond acceptors (Lipinski definition) is 8. The fourth-order valence-corrected chi connectivity index (χ4v) is 4.04. The fraction of sp³-hybridized carbons (Fsp3) is 0.765. The van der Waals surface area contributed by atoms with E-state index < -0.39 is 0 Å². The Labute approximate surface area is 146 Å². The van der Waals surface area contributed by atoms with Crippen LogP contribution in [0, 0.1) is 19.8 Å². The molecule has 0 amide bonds. The van der Waals surface area contributed by atoms with E-state index in [9.17, 15) is 0 Å². The lowest BCUT2D eigenvalue weighted by molar-refractivity contribution is -0.0585. The summed E-state index contributed by atoms with van der Waals surface area (Å²) in [6.45, 7) is 7.51. The van der Waals surface area contributed by atoms with Crippen LogP contribution in [0.25, 0.3) is 0 Å². The van der Waals surface area contributed by atoms with Crippen molar-refractivity contribution in [3.8, 4) is 0 Å². The summed E-state index contributed by atoms with van der Waals surface area (Å²) < 4.78 is 16.4. The molecule has 8 heteroatoms. The van der Waals surface area contributed by atoms with Gasteiger partial charge in [-0.05, 0) is 58.5 Å². The first-order valence-electron chi connectivity index (χ1n) is 9.13. The van der Waals surface area contributed by atoms with Gasteiger partial charge in [-0.3, -0.25) is 4.90 Å². The van der Waals surface area contributed by atoms with Gasteiger partial charge >= 0.3 is 0 Å². The van der Waals surface area contributed by atoms with Crippen LogP contribution in [0.2, 0.25) is 0 Å². The van der Waals surface area contributed by atoms with Crippen molar-refractivity contribution in [2.24, 2.45) is 5.92 Å². The molecule has 2 aliphatic rings. The summed E-state index contributed by atoms with van der Waals surface area (Å²) in [5.41, 5.74) is 1.82. The van der Waals surface area contributed by atoms with Crippen molar-refractivity contribution in [2.45, 2.75) is 58.1 Å². The Balaban J connectivity index is 1.38. The Morgan fingerprint density at radius 1 is 1.08 bits per heavy atom. The van der Waals surface area contributed by atoms with Gasteiger partial charge in [0.25, 0.3) is 0 Å². The Kier molecular flexibility index (Phi) is 4.80. The molecule has 2 fully saturated rings. The smallest absolute Gasteiger partial charge is 0.232 e. The molecule has 25 heavy (non-hydrogen) atoms. The summed E-state index contributed by atoms with van der Waals surface area (Å²) in [5.74, 6) is 2.21. The molecule has 0 N–H and O–H groups in total. The van der Waals surface area contributed by atoms with Crippen molar-refractivity contribution in [2.75, 3.05) is 19.7 Å². The van der Waals surface area contributed by atoms with Gasteiger partial charge in [0.2, 0.25) is 5.89 Å². The number of nitrogens with zero attached hydrogens (tertiary/aromatic N) is 5. The van der Waals surface area contributed by atoms with Crippen LogP contribution in [0.4, 0.5) is 0 Å². The Morgan fingerprint density at radius 3 is 2.60 bits per heavy atom. The van der Waals surface area contributed by atoms with E-state index in [-0.39, 0.29) is 12.0 Å². The summed E-state index contributed by atoms with van der Waals surface area (Å²) in [6, 6.07) is 0. The van der Waals surface area contributed by atoms with Crippen molar-refractivity contribution < 1.29 is 13.9 Å². The van der Waals surface area contributed by atoms with Gasteiger partial charge in [-0.1, -0.05) is 15.5 Å². The maximum Gasteiger partial charge on any atom is 0.232 e. The lowest BCUT2D eigenvalue weighted by Crippen LogP contribution is -2.42. The molecule has 0 bridgehead atoms. The number of aryl methyl sites for hydroxylation is 2. The molecule has 2 saturated heterocycles. The zero-order chi connectivity index (χ0) is 17.2. The van der Waals surface area contributed by atoms with E-state index in [1.807, 2.05) is 13.8 Å². The SMILES string of the molecule is Cc1noc([C@@H]2CCCO[C@H]2C2CCN(Cc3nonc3C)CC2)n1. The minimum absolute atomic E-state index is 0.186. The number of piperidine rings is 1. The zero-order valence-corrected chi connectivity index (χ0v) is 14.8. The molecular formula is C17H25N5O3.